The molecule has 0 aromatic heterocycles. The summed E-state index contributed by atoms with van der Waals surface area (Å²) in [6.45, 7) is 10.4. The van der Waals surface area contributed by atoms with Gasteiger partial charge < -0.3 is 19.1 Å². The summed E-state index contributed by atoms with van der Waals surface area (Å²) in [5.41, 5.74) is 3.89. The van der Waals surface area contributed by atoms with E-state index in [2.05, 4.69) is 0 Å². The zero-order valence-electron chi connectivity index (χ0n) is 19.1. The second-order valence-corrected chi connectivity index (χ2v) is 7.81. The first kappa shape index (κ1) is 21.7. The van der Waals surface area contributed by atoms with Crippen LogP contribution in [0.5, 0.6) is 17.2 Å². The summed E-state index contributed by atoms with van der Waals surface area (Å²) in [6.07, 6.45) is 0. The Morgan fingerprint density at radius 3 is 2.09 bits per heavy atom. The van der Waals surface area contributed by atoms with Crippen LogP contribution in [-0.2, 0) is 11.3 Å². The van der Waals surface area contributed by atoms with Gasteiger partial charge in [0.15, 0.2) is 0 Å². The molecule has 0 aliphatic carbocycles. The van der Waals surface area contributed by atoms with Crippen LogP contribution < -0.4 is 19.1 Å². The number of ether oxygens (including phenoxy) is 3. The van der Waals surface area contributed by atoms with E-state index in [1.807, 2.05) is 52.0 Å². The fourth-order valence-electron chi connectivity index (χ4n) is 4.52. The van der Waals surface area contributed by atoms with Gasteiger partial charge in [-0.1, -0.05) is 24.3 Å². The van der Waals surface area contributed by atoms with Crippen molar-refractivity contribution in [3.63, 3.8) is 0 Å². The summed E-state index contributed by atoms with van der Waals surface area (Å²) in [4.78, 5) is 26.9. The van der Waals surface area contributed by atoms with Crippen molar-refractivity contribution in [1.82, 2.24) is 0 Å². The highest BCUT2D eigenvalue weighted by atomic mass is 16.5. The van der Waals surface area contributed by atoms with Crippen LogP contribution in [0, 0.1) is 13.8 Å². The van der Waals surface area contributed by atoms with E-state index >= 15 is 0 Å². The normalized spacial score (nSPS) is 12.8. The quantitative estimate of drug-likeness (QED) is 0.388. The number of anilines is 1. The van der Waals surface area contributed by atoms with E-state index in [0.717, 1.165) is 38.9 Å². The van der Waals surface area contributed by atoms with Crippen LogP contribution in [0.1, 0.15) is 47.8 Å². The molecular formula is C26H27NO5. The Hall–Kier alpha value is -3.54. The van der Waals surface area contributed by atoms with Crippen molar-refractivity contribution in [3.05, 3.63) is 58.7 Å². The van der Waals surface area contributed by atoms with Crippen molar-refractivity contribution in [2.45, 2.75) is 41.2 Å². The molecule has 0 radical (unpaired) electrons. The lowest BCUT2D eigenvalue weighted by Crippen LogP contribution is -2.25. The Balaban J connectivity index is 1.90. The van der Waals surface area contributed by atoms with Gasteiger partial charge in [-0.15, -0.1) is 0 Å². The van der Waals surface area contributed by atoms with Gasteiger partial charge in [0.25, 0.3) is 5.91 Å². The van der Waals surface area contributed by atoms with Crippen LogP contribution in [0.25, 0.3) is 10.8 Å². The number of hydrogen-bond donors (Lipinski definition) is 0. The first-order valence-corrected chi connectivity index (χ1v) is 10.8. The van der Waals surface area contributed by atoms with Gasteiger partial charge in [-0.2, -0.15) is 0 Å². The Bertz CT molecular complexity index is 1210. The zero-order chi connectivity index (χ0) is 23.0. The lowest BCUT2D eigenvalue weighted by atomic mass is 9.99. The summed E-state index contributed by atoms with van der Waals surface area (Å²) in [5.74, 6) is 1.29. The minimum Gasteiger partial charge on any atom is -0.493 e. The molecule has 1 amide bonds. The van der Waals surface area contributed by atoms with E-state index in [1.54, 1.807) is 17.0 Å². The van der Waals surface area contributed by atoms with E-state index < -0.39 is 0 Å². The molecule has 0 spiro atoms. The highest BCUT2D eigenvalue weighted by Gasteiger charge is 2.37. The lowest BCUT2D eigenvalue weighted by molar-refractivity contribution is -0.131. The third kappa shape index (κ3) is 3.55. The molecule has 32 heavy (non-hydrogen) atoms. The molecule has 0 N–H and O–H groups in total. The standard InChI is InChI=1S/C26H27NO5/c1-6-30-24-19-10-8-9-11-20(19)25(31-7-2)22-21(24)14-27(26(22)29)23-15(3)12-18(13-16(23)4)32-17(5)28/h8-13H,6-7,14H2,1-5H3. The highest BCUT2D eigenvalue weighted by Crippen LogP contribution is 2.47. The molecule has 6 heteroatoms. The van der Waals surface area contributed by atoms with Crippen molar-refractivity contribution in [2.75, 3.05) is 18.1 Å². The van der Waals surface area contributed by atoms with E-state index in [1.165, 1.54) is 6.92 Å². The number of benzene rings is 3. The molecule has 3 aromatic rings. The fourth-order valence-corrected chi connectivity index (χ4v) is 4.52. The third-order valence-electron chi connectivity index (χ3n) is 5.57. The monoisotopic (exact) mass is 433 g/mol. The Morgan fingerprint density at radius 2 is 1.53 bits per heavy atom. The molecule has 3 aromatic carbocycles. The van der Waals surface area contributed by atoms with Crippen molar-refractivity contribution >= 4 is 28.3 Å². The summed E-state index contributed by atoms with van der Waals surface area (Å²) in [7, 11) is 0. The highest BCUT2D eigenvalue weighted by molar-refractivity contribution is 6.17. The first-order valence-electron chi connectivity index (χ1n) is 10.8. The second kappa shape index (κ2) is 8.54. The Kier molecular flexibility index (Phi) is 5.78. The minimum absolute atomic E-state index is 0.124. The zero-order valence-corrected chi connectivity index (χ0v) is 19.1. The number of carbonyl (C=O) groups excluding carboxylic acids is 2. The van der Waals surface area contributed by atoms with E-state index in [4.69, 9.17) is 14.2 Å². The number of carbonyl (C=O) groups is 2. The first-order chi connectivity index (χ1) is 15.4. The average Bonchev–Trinajstić information content (AvgIpc) is 3.06. The maximum atomic E-state index is 13.8. The maximum Gasteiger partial charge on any atom is 0.308 e. The van der Waals surface area contributed by atoms with E-state index in [-0.39, 0.29) is 11.9 Å². The Labute approximate surface area is 187 Å². The molecule has 1 aliphatic rings. The van der Waals surface area contributed by atoms with Gasteiger partial charge in [-0.25, -0.2) is 0 Å². The largest absolute Gasteiger partial charge is 0.493 e. The van der Waals surface area contributed by atoms with Crippen LogP contribution in [0.4, 0.5) is 5.69 Å². The number of aryl methyl sites for hydroxylation is 2. The topological polar surface area (TPSA) is 65.1 Å². The second-order valence-electron chi connectivity index (χ2n) is 7.81. The minimum atomic E-state index is -0.379. The third-order valence-corrected chi connectivity index (χ3v) is 5.57. The molecule has 1 heterocycles. The van der Waals surface area contributed by atoms with Crippen LogP contribution in [0.2, 0.25) is 0 Å². The number of rotatable bonds is 6. The molecule has 0 saturated heterocycles. The lowest BCUT2D eigenvalue weighted by Gasteiger charge is -2.22. The van der Waals surface area contributed by atoms with Gasteiger partial charge >= 0.3 is 5.97 Å². The number of hydrogen-bond acceptors (Lipinski definition) is 5. The molecular weight excluding hydrogens is 406 g/mol. The van der Waals surface area contributed by atoms with Gasteiger partial charge in [0, 0.05) is 23.3 Å². The van der Waals surface area contributed by atoms with Gasteiger partial charge in [-0.3, -0.25) is 9.59 Å². The molecule has 166 valence electrons. The van der Waals surface area contributed by atoms with Crippen LogP contribution in [0.15, 0.2) is 36.4 Å². The van der Waals surface area contributed by atoms with Gasteiger partial charge in [-0.05, 0) is 51.0 Å². The molecule has 0 fully saturated rings. The predicted molar refractivity (Wildman–Crippen MR) is 124 cm³/mol. The van der Waals surface area contributed by atoms with Crippen LogP contribution in [0.3, 0.4) is 0 Å². The fraction of sp³-hybridized carbons (Fsp3) is 0.308. The molecule has 0 bridgehead atoms. The summed E-state index contributed by atoms with van der Waals surface area (Å²) in [6, 6.07) is 11.4. The number of fused-ring (bicyclic) bond motifs is 2. The summed E-state index contributed by atoms with van der Waals surface area (Å²) >= 11 is 0. The van der Waals surface area contributed by atoms with Crippen molar-refractivity contribution < 1.29 is 23.8 Å². The maximum absolute atomic E-state index is 13.8. The molecule has 1 aliphatic heterocycles. The van der Waals surface area contributed by atoms with Crippen molar-refractivity contribution in [3.8, 4) is 17.2 Å². The molecule has 4 rings (SSSR count). The smallest absolute Gasteiger partial charge is 0.308 e. The Morgan fingerprint density at radius 1 is 0.969 bits per heavy atom. The molecule has 6 nitrogen and oxygen atoms in total. The van der Waals surface area contributed by atoms with E-state index in [0.29, 0.717) is 36.8 Å². The van der Waals surface area contributed by atoms with Gasteiger partial charge in [0.05, 0.1) is 31.0 Å². The van der Waals surface area contributed by atoms with Crippen LogP contribution >= 0.6 is 0 Å². The summed E-state index contributed by atoms with van der Waals surface area (Å²) in [5, 5.41) is 1.80. The molecule has 0 saturated carbocycles. The van der Waals surface area contributed by atoms with Gasteiger partial charge in [0.1, 0.15) is 17.2 Å². The van der Waals surface area contributed by atoms with Crippen LogP contribution in [-0.4, -0.2) is 25.1 Å². The van der Waals surface area contributed by atoms with Crippen molar-refractivity contribution in [1.29, 1.82) is 0 Å². The number of nitrogens with zero attached hydrogens (tertiary/aromatic N) is 1. The summed E-state index contributed by atoms with van der Waals surface area (Å²) < 4.78 is 17.3. The molecule has 0 atom stereocenters. The van der Waals surface area contributed by atoms with Crippen molar-refractivity contribution in [2.24, 2.45) is 0 Å². The number of esters is 1. The van der Waals surface area contributed by atoms with E-state index in [9.17, 15) is 9.59 Å². The molecule has 0 unspecified atom stereocenters. The SMILES string of the molecule is CCOc1c2c(c(OCC)c3ccccc13)C(=O)N(c1c(C)cc(OC(C)=O)cc1C)C2. The predicted octanol–water partition coefficient (Wildman–Crippen LogP) is 5.34. The van der Waals surface area contributed by atoms with Gasteiger partial charge in [0.2, 0.25) is 0 Å². The average molecular weight is 434 g/mol. The number of amides is 1.